The summed E-state index contributed by atoms with van der Waals surface area (Å²) in [7, 11) is 0. The van der Waals surface area contributed by atoms with Crippen LogP contribution in [-0.2, 0) is 0 Å². The van der Waals surface area contributed by atoms with Gasteiger partial charge in [0.1, 0.15) is 0 Å². The molecule has 0 fully saturated rings. The minimum absolute atomic E-state index is 0.405. The molecule has 0 amide bonds. The van der Waals surface area contributed by atoms with Crippen molar-refractivity contribution in [3.8, 4) is 12.3 Å². The second-order valence-electron chi connectivity index (χ2n) is 4.27. The number of halogens is 2. The van der Waals surface area contributed by atoms with Gasteiger partial charge >= 0.3 is 0 Å². The Morgan fingerprint density at radius 1 is 1.50 bits per heavy atom. The Balaban J connectivity index is 2.79. The van der Waals surface area contributed by atoms with Crippen molar-refractivity contribution in [2.45, 2.75) is 38.6 Å². The van der Waals surface area contributed by atoms with Gasteiger partial charge in [-0.15, -0.1) is 12.3 Å². The third kappa shape index (κ3) is 5.29. The fourth-order valence-electron chi connectivity index (χ4n) is 1.88. The van der Waals surface area contributed by atoms with E-state index in [1.54, 1.807) is 0 Å². The number of benzene rings is 1. The van der Waals surface area contributed by atoms with E-state index in [-0.39, 0.29) is 0 Å². The van der Waals surface area contributed by atoms with Crippen molar-refractivity contribution in [2.24, 2.45) is 0 Å². The lowest BCUT2D eigenvalue weighted by Crippen LogP contribution is -2.23. The van der Waals surface area contributed by atoms with Gasteiger partial charge in [-0.3, -0.25) is 0 Å². The Labute approximate surface area is 132 Å². The van der Waals surface area contributed by atoms with Gasteiger partial charge in [-0.05, 0) is 72.2 Å². The van der Waals surface area contributed by atoms with Crippen molar-refractivity contribution in [1.82, 2.24) is 5.32 Å². The Kier molecular flexibility index (Phi) is 7.96. The average Bonchev–Trinajstić information content (AvgIpc) is 2.37. The molecule has 1 aromatic rings. The first-order chi connectivity index (χ1) is 8.69. The van der Waals surface area contributed by atoms with Crippen LogP contribution in [0.25, 0.3) is 0 Å². The molecule has 98 valence electrons. The Morgan fingerprint density at radius 2 is 2.28 bits per heavy atom. The van der Waals surface area contributed by atoms with Gasteiger partial charge in [-0.1, -0.05) is 22.9 Å². The highest BCUT2D eigenvalue weighted by Crippen LogP contribution is 2.27. The summed E-state index contributed by atoms with van der Waals surface area (Å²) in [6.07, 6.45) is 9.50. The van der Waals surface area contributed by atoms with Crippen molar-refractivity contribution < 1.29 is 0 Å². The molecule has 1 atom stereocenters. The normalized spacial score (nSPS) is 12.1. The summed E-state index contributed by atoms with van der Waals surface area (Å²) in [5.74, 6) is 2.72. The summed E-state index contributed by atoms with van der Waals surface area (Å²) in [6.45, 7) is 3.24. The van der Waals surface area contributed by atoms with E-state index >= 15 is 0 Å². The number of nitrogens with one attached hydrogen (secondary N) is 1. The van der Waals surface area contributed by atoms with Crippen LogP contribution in [0.3, 0.4) is 0 Å². The van der Waals surface area contributed by atoms with Gasteiger partial charge in [0, 0.05) is 20.5 Å². The lowest BCUT2D eigenvalue weighted by molar-refractivity contribution is 0.486. The predicted molar refractivity (Wildman–Crippen MR) is 90.6 cm³/mol. The molecule has 1 rings (SSSR count). The van der Waals surface area contributed by atoms with Crippen molar-refractivity contribution in [1.29, 1.82) is 0 Å². The van der Waals surface area contributed by atoms with Gasteiger partial charge in [-0.25, -0.2) is 0 Å². The number of hydrogen-bond acceptors (Lipinski definition) is 1. The molecule has 0 aromatic heterocycles. The molecule has 0 spiro atoms. The molecule has 0 aliphatic heterocycles. The minimum Gasteiger partial charge on any atom is -0.310 e. The first kappa shape index (κ1) is 16.0. The summed E-state index contributed by atoms with van der Waals surface area (Å²) in [5.41, 5.74) is 1.37. The number of terminal acetylenes is 1. The molecule has 3 heteroatoms. The average molecular weight is 420 g/mol. The van der Waals surface area contributed by atoms with E-state index in [1.807, 2.05) is 0 Å². The van der Waals surface area contributed by atoms with Crippen LogP contribution in [0.15, 0.2) is 22.7 Å². The molecule has 1 nitrogen and oxygen atoms in total. The van der Waals surface area contributed by atoms with Crippen LogP contribution in [-0.4, -0.2) is 6.54 Å². The quantitative estimate of drug-likeness (QED) is 0.376. The molecule has 1 unspecified atom stereocenters. The summed E-state index contributed by atoms with van der Waals surface area (Å²) >= 11 is 5.96. The van der Waals surface area contributed by atoms with E-state index in [4.69, 9.17) is 6.42 Å². The molecule has 0 radical (unpaired) electrons. The van der Waals surface area contributed by atoms with Crippen molar-refractivity contribution in [3.05, 3.63) is 31.8 Å². The maximum Gasteiger partial charge on any atom is 0.0331 e. The Morgan fingerprint density at radius 3 is 2.94 bits per heavy atom. The zero-order valence-electron chi connectivity index (χ0n) is 10.7. The zero-order valence-corrected chi connectivity index (χ0v) is 14.4. The SMILES string of the molecule is C#CCCCC(NCCC)c1cc(Br)ccc1I. The Hall–Kier alpha value is -0.0500. The van der Waals surface area contributed by atoms with Crippen LogP contribution in [0.4, 0.5) is 0 Å². The zero-order chi connectivity index (χ0) is 13.4. The molecular formula is C15H19BrIN. The first-order valence-corrected chi connectivity index (χ1v) is 8.18. The molecule has 18 heavy (non-hydrogen) atoms. The predicted octanol–water partition coefficient (Wildman–Crippen LogP) is 4.90. The van der Waals surface area contributed by atoms with E-state index in [9.17, 15) is 0 Å². The topological polar surface area (TPSA) is 12.0 Å². The third-order valence-corrected chi connectivity index (χ3v) is 4.26. The van der Waals surface area contributed by atoms with Crippen LogP contribution in [0.1, 0.15) is 44.2 Å². The van der Waals surface area contributed by atoms with E-state index in [0.717, 1.165) is 36.7 Å². The summed E-state index contributed by atoms with van der Waals surface area (Å²) < 4.78 is 2.45. The highest BCUT2D eigenvalue weighted by atomic mass is 127. The summed E-state index contributed by atoms with van der Waals surface area (Å²) in [5, 5.41) is 3.62. The monoisotopic (exact) mass is 419 g/mol. The Bertz CT molecular complexity index is 411. The highest BCUT2D eigenvalue weighted by molar-refractivity contribution is 14.1. The van der Waals surface area contributed by atoms with Crippen LogP contribution in [0, 0.1) is 15.9 Å². The van der Waals surface area contributed by atoms with E-state index < -0.39 is 0 Å². The van der Waals surface area contributed by atoms with Crippen molar-refractivity contribution in [2.75, 3.05) is 6.54 Å². The lowest BCUT2D eigenvalue weighted by Gasteiger charge is -2.20. The summed E-state index contributed by atoms with van der Waals surface area (Å²) in [6, 6.07) is 6.86. The number of unbranched alkanes of at least 4 members (excludes halogenated alkanes) is 1. The number of hydrogen-bond donors (Lipinski definition) is 1. The van der Waals surface area contributed by atoms with Gasteiger partial charge in [-0.2, -0.15) is 0 Å². The minimum atomic E-state index is 0.405. The molecule has 0 heterocycles. The summed E-state index contributed by atoms with van der Waals surface area (Å²) in [4.78, 5) is 0. The van der Waals surface area contributed by atoms with Gasteiger partial charge < -0.3 is 5.32 Å². The maximum absolute atomic E-state index is 5.33. The molecule has 0 aliphatic rings. The van der Waals surface area contributed by atoms with Gasteiger partial charge in [0.15, 0.2) is 0 Å². The second-order valence-corrected chi connectivity index (χ2v) is 6.35. The smallest absolute Gasteiger partial charge is 0.0331 e. The van der Waals surface area contributed by atoms with Gasteiger partial charge in [0.05, 0.1) is 0 Å². The van der Waals surface area contributed by atoms with Crippen LogP contribution >= 0.6 is 38.5 Å². The largest absolute Gasteiger partial charge is 0.310 e. The third-order valence-electron chi connectivity index (χ3n) is 2.79. The van der Waals surface area contributed by atoms with Crippen LogP contribution in [0.5, 0.6) is 0 Å². The van der Waals surface area contributed by atoms with Gasteiger partial charge in [0.25, 0.3) is 0 Å². The fraction of sp³-hybridized carbons (Fsp3) is 0.467. The molecule has 0 bridgehead atoms. The highest BCUT2D eigenvalue weighted by Gasteiger charge is 2.13. The van der Waals surface area contributed by atoms with Crippen molar-refractivity contribution in [3.63, 3.8) is 0 Å². The van der Waals surface area contributed by atoms with Crippen molar-refractivity contribution >= 4 is 38.5 Å². The van der Waals surface area contributed by atoms with E-state index in [0.29, 0.717) is 6.04 Å². The molecule has 1 N–H and O–H groups in total. The maximum atomic E-state index is 5.33. The molecule has 1 aromatic carbocycles. The molecule has 0 saturated heterocycles. The molecular weight excluding hydrogens is 401 g/mol. The fourth-order valence-corrected chi connectivity index (χ4v) is 2.97. The second kappa shape index (κ2) is 8.95. The standard InChI is InChI=1S/C15H19BrIN/c1-3-5-6-7-15(18-10-4-2)13-11-12(16)8-9-14(13)17/h1,8-9,11,15,18H,4-7,10H2,2H3. The first-order valence-electron chi connectivity index (χ1n) is 6.30. The van der Waals surface area contributed by atoms with Crippen LogP contribution < -0.4 is 5.32 Å². The molecule has 0 saturated carbocycles. The van der Waals surface area contributed by atoms with Gasteiger partial charge in [0.2, 0.25) is 0 Å². The van der Waals surface area contributed by atoms with E-state index in [1.165, 1.54) is 9.13 Å². The van der Waals surface area contributed by atoms with Crippen LogP contribution in [0.2, 0.25) is 0 Å². The van der Waals surface area contributed by atoms with E-state index in [2.05, 4.69) is 74.9 Å². The lowest BCUT2D eigenvalue weighted by atomic mass is 10.0. The molecule has 0 aliphatic carbocycles. The number of rotatable bonds is 7.